The summed E-state index contributed by atoms with van der Waals surface area (Å²) >= 11 is 0. The van der Waals surface area contributed by atoms with Crippen LogP contribution in [0.5, 0.6) is 5.75 Å². The van der Waals surface area contributed by atoms with Crippen LogP contribution in [0.4, 0.5) is 0 Å². The van der Waals surface area contributed by atoms with Crippen LogP contribution in [-0.4, -0.2) is 6.61 Å². The van der Waals surface area contributed by atoms with Gasteiger partial charge in [-0.2, -0.15) is 0 Å². The van der Waals surface area contributed by atoms with Crippen LogP contribution in [0.1, 0.15) is 31.9 Å². The molecule has 0 fully saturated rings. The van der Waals surface area contributed by atoms with Gasteiger partial charge < -0.3 is 4.74 Å². The Morgan fingerprint density at radius 2 is 2.19 bits per heavy atom. The molecule has 88 valence electrons. The van der Waals surface area contributed by atoms with Crippen LogP contribution in [-0.2, 0) is 0 Å². The number of hydrogen-bond donors (Lipinski definition) is 2. The molecule has 1 rings (SSSR count). The predicted octanol–water partition coefficient (Wildman–Crippen LogP) is 2.56. The molecule has 0 heterocycles. The summed E-state index contributed by atoms with van der Waals surface area (Å²) in [6, 6.07) is 7.99. The third-order valence-corrected chi connectivity index (χ3v) is 2.35. The molecule has 16 heavy (non-hydrogen) atoms. The minimum Gasteiger partial charge on any atom is -0.494 e. The van der Waals surface area contributed by atoms with Crippen LogP contribution in [0, 0.1) is 0 Å². The summed E-state index contributed by atoms with van der Waals surface area (Å²) in [6.07, 6.45) is 0.806. The first kappa shape index (κ1) is 12.7. The predicted molar refractivity (Wildman–Crippen MR) is 67.1 cm³/mol. The number of ether oxygens (including phenoxy) is 1. The zero-order chi connectivity index (χ0) is 12.0. The molecule has 0 bridgehead atoms. The average Bonchev–Trinajstić information content (AvgIpc) is 2.27. The second-order valence-electron chi connectivity index (χ2n) is 3.85. The maximum Gasteiger partial charge on any atom is 0.124 e. The minimum absolute atomic E-state index is 0.0558. The lowest BCUT2D eigenvalue weighted by molar-refractivity contribution is 0.331. The number of nitrogens with one attached hydrogen (secondary N) is 1. The molecule has 0 aromatic heterocycles. The van der Waals surface area contributed by atoms with E-state index in [4.69, 9.17) is 10.6 Å². The van der Waals surface area contributed by atoms with Crippen molar-refractivity contribution in [2.75, 3.05) is 6.61 Å². The van der Waals surface area contributed by atoms with Gasteiger partial charge in [0.1, 0.15) is 5.75 Å². The third kappa shape index (κ3) is 3.36. The van der Waals surface area contributed by atoms with Crippen LogP contribution >= 0.6 is 0 Å². The van der Waals surface area contributed by atoms with E-state index in [2.05, 4.69) is 12.0 Å². The Hall–Kier alpha value is -1.32. The van der Waals surface area contributed by atoms with Crippen LogP contribution in [0.3, 0.4) is 0 Å². The van der Waals surface area contributed by atoms with E-state index in [1.54, 1.807) is 0 Å². The van der Waals surface area contributed by atoms with E-state index in [-0.39, 0.29) is 6.04 Å². The Balaban J connectivity index is 2.94. The van der Waals surface area contributed by atoms with Crippen LogP contribution in [0.2, 0.25) is 0 Å². The first-order valence-electron chi connectivity index (χ1n) is 5.51. The van der Waals surface area contributed by atoms with E-state index in [0.29, 0.717) is 6.61 Å². The van der Waals surface area contributed by atoms with Crippen molar-refractivity contribution in [3.05, 3.63) is 42.0 Å². The lowest BCUT2D eigenvalue weighted by Gasteiger charge is -2.19. The summed E-state index contributed by atoms with van der Waals surface area (Å²) in [5, 5.41) is 0. The number of para-hydroxylation sites is 1. The monoisotopic (exact) mass is 220 g/mol. The van der Waals surface area contributed by atoms with Gasteiger partial charge in [0.15, 0.2) is 0 Å². The number of nitrogens with two attached hydrogens (primary N) is 1. The van der Waals surface area contributed by atoms with Gasteiger partial charge >= 0.3 is 0 Å². The molecule has 1 aromatic rings. The molecular weight excluding hydrogens is 200 g/mol. The molecule has 1 unspecified atom stereocenters. The molecule has 3 nitrogen and oxygen atoms in total. The highest BCUT2D eigenvalue weighted by molar-refractivity contribution is 5.36. The fraction of sp³-hybridized carbons (Fsp3) is 0.385. The highest BCUT2D eigenvalue weighted by atomic mass is 16.5. The van der Waals surface area contributed by atoms with Gasteiger partial charge in [-0.25, -0.2) is 0 Å². The first-order chi connectivity index (χ1) is 7.69. The van der Waals surface area contributed by atoms with E-state index in [0.717, 1.165) is 23.3 Å². The van der Waals surface area contributed by atoms with E-state index in [1.807, 2.05) is 38.1 Å². The Bertz CT molecular complexity index is 350. The number of hydrogen-bond acceptors (Lipinski definition) is 3. The molecule has 0 radical (unpaired) electrons. The Morgan fingerprint density at radius 1 is 1.50 bits per heavy atom. The van der Waals surface area contributed by atoms with Crippen molar-refractivity contribution in [3.8, 4) is 5.75 Å². The molecular formula is C13H20N2O. The molecule has 0 amide bonds. The zero-order valence-electron chi connectivity index (χ0n) is 9.99. The van der Waals surface area contributed by atoms with Gasteiger partial charge in [-0.1, -0.05) is 23.8 Å². The van der Waals surface area contributed by atoms with Crippen molar-refractivity contribution in [1.82, 2.24) is 5.43 Å². The summed E-state index contributed by atoms with van der Waals surface area (Å²) in [7, 11) is 0. The maximum absolute atomic E-state index is 5.58. The molecule has 1 aromatic carbocycles. The van der Waals surface area contributed by atoms with Gasteiger partial charge in [0.2, 0.25) is 0 Å². The molecule has 0 spiro atoms. The van der Waals surface area contributed by atoms with E-state index >= 15 is 0 Å². The van der Waals surface area contributed by atoms with Crippen molar-refractivity contribution < 1.29 is 4.74 Å². The molecule has 0 saturated heterocycles. The Morgan fingerprint density at radius 3 is 2.75 bits per heavy atom. The summed E-state index contributed by atoms with van der Waals surface area (Å²) < 4.78 is 5.58. The van der Waals surface area contributed by atoms with Gasteiger partial charge in [0.25, 0.3) is 0 Å². The van der Waals surface area contributed by atoms with Gasteiger partial charge in [0.05, 0.1) is 12.6 Å². The van der Waals surface area contributed by atoms with Crippen molar-refractivity contribution in [1.29, 1.82) is 0 Å². The lowest BCUT2D eigenvalue weighted by atomic mass is 10.00. The first-order valence-corrected chi connectivity index (χ1v) is 5.51. The van der Waals surface area contributed by atoms with Crippen molar-refractivity contribution >= 4 is 0 Å². The highest BCUT2D eigenvalue weighted by Crippen LogP contribution is 2.28. The summed E-state index contributed by atoms with van der Waals surface area (Å²) in [5.41, 5.74) is 4.98. The van der Waals surface area contributed by atoms with E-state index in [1.165, 1.54) is 0 Å². The molecule has 3 heteroatoms. The van der Waals surface area contributed by atoms with E-state index < -0.39 is 0 Å². The number of hydrazine groups is 1. The number of rotatable bonds is 6. The second-order valence-corrected chi connectivity index (χ2v) is 3.85. The quantitative estimate of drug-likeness (QED) is 0.440. The second kappa shape index (κ2) is 6.30. The van der Waals surface area contributed by atoms with Gasteiger partial charge in [0, 0.05) is 5.56 Å². The molecule has 0 aliphatic carbocycles. The smallest absolute Gasteiger partial charge is 0.124 e. The summed E-state index contributed by atoms with van der Waals surface area (Å²) in [6.45, 7) is 8.53. The normalized spacial score (nSPS) is 12.2. The standard InChI is InChI=1S/C13H20N2O/c1-4-16-13-8-6-5-7-11(13)12(15-14)9-10(2)3/h5-8,12,15H,2,4,9,14H2,1,3H3. The van der Waals surface area contributed by atoms with Crippen LogP contribution < -0.4 is 16.0 Å². The fourth-order valence-electron chi connectivity index (χ4n) is 1.66. The molecule has 0 saturated carbocycles. The van der Waals surface area contributed by atoms with Crippen molar-refractivity contribution in [2.24, 2.45) is 5.84 Å². The lowest BCUT2D eigenvalue weighted by Crippen LogP contribution is -2.28. The molecule has 0 aliphatic heterocycles. The maximum atomic E-state index is 5.58. The van der Waals surface area contributed by atoms with Crippen molar-refractivity contribution in [2.45, 2.75) is 26.3 Å². The fourth-order valence-corrected chi connectivity index (χ4v) is 1.66. The average molecular weight is 220 g/mol. The molecule has 1 atom stereocenters. The van der Waals surface area contributed by atoms with Crippen LogP contribution in [0.15, 0.2) is 36.4 Å². The number of benzene rings is 1. The van der Waals surface area contributed by atoms with Crippen LogP contribution in [0.25, 0.3) is 0 Å². The van der Waals surface area contributed by atoms with Gasteiger partial charge in [-0.15, -0.1) is 6.58 Å². The van der Waals surface area contributed by atoms with E-state index in [9.17, 15) is 0 Å². The van der Waals surface area contributed by atoms with Gasteiger partial charge in [-0.3, -0.25) is 11.3 Å². The van der Waals surface area contributed by atoms with Gasteiger partial charge in [-0.05, 0) is 26.3 Å². The summed E-state index contributed by atoms with van der Waals surface area (Å²) in [5.74, 6) is 6.45. The third-order valence-electron chi connectivity index (χ3n) is 2.35. The zero-order valence-corrected chi connectivity index (χ0v) is 9.99. The molecule has 0 aliphatic rings. The minimum atomic E-state index is 0.0558. The SMILES string of the molecule is C=C(C)CC(NN)c1ccccc1OCC. The Kier molecular flexibility index (Phi) is 5.02. The Labute approximate surface area is 97.3 Å². The highest BCUT2D eigenvalue weighted by Gasteiger charge is 2.14. The largest absolute Gasteiger partial charge is 0.494 e. The summed E-state index contributed by atoms with van der Waals surface area (Å²) in [4.78, 5) is 0. The van der Waals surface area contributed by atoms with Crippen molar-refractivity contribution in [3.63, 3.8) is 0 Å². The molecule has 3 N–H and O–H groups in total. The topological polar surface area (TPSA) is 47.3 Å².